The van der Waals surface area contributed by atoms with Crippen LogP contribution in [0.3, 0.4) is 0 Å². The predicted molar refractivity (Wildman–Crippen MR) is 237 cm³/mol. The molecule has 56 heavy (non-hydrogen) atoms. The molecule has 0 atom stereocenters. The second-order valence-electron chi connectivity index (χ2n) is 15.6. The molecule has 0 aliphatic carbocycles. The van der Waals surface area contributed by atoms with Crippen molar-refractivity contribution in [3.8, 4) is 11.5 Å². The third-order valence-corrected chi connectivity index (χ3v) is 10.5. The molecule has 2 N–H and O–H groups in total. The van der Waals surface area contributed by atoms with E-state index in [-0.39, 0.29) is 17.2 Å². The summed E-state index contributed by atoms with van der Waals surface area (Å²) in [7, 11) is 0. The Morgan fingerprint density at radius 2 is 0.946 bits per heavy atom. The topological polar surface area (TPSA) is 78.9 Å². The molecule has 0 aliphatic heterocycles. The molecule has 0 fully saturated rings. The number of hydroxylamine groups is 2. The van der Waals surface area contributed by atoms with Gasteiger partial charge in [-0.2, -0.15) is 5.06 Å². The van der Waals surface area contributed by atoms with Crippen molar-refractivity contribution in [1.29, 1.82) is 0 Å². The van der Waals surface area contributed by atoms with Crippen LogP contribution in [-0.2, 0) is 0 Å². The number of phenolic OH excluding ortho intramolecular Hbond substituents is 1. The summed E-state index contributed by atoms with van der Waals surface area (Å²) in [5.41, 5.74) is 0.576. The van der Waals surface area contributed by atoms with Gasteiger partial charge in [0.25, 0.3) is 11.8 Å². The number of hydrogen-bond donors (Lipinski definition) is 2. The van der Waals surface area contributed by atoms with Crippen molar-refractivity contribution in [3.63, 3.8) is 0 Å². The van der Waals surface area contributed by atoms with E-state index in [1.54, 1.807) is 30.3 Å². The van der Waals surface area contributed by atoms with Gasteiger partial charge >= 0.3 is 0 Å². The summed E-state index contributed by atoms with van der Waals surface area (Å²) >= 11 is 0. The minimum Gasteiger partial charge on any atom is -0.507 e. The minimum atomic E-state index is -0.421. The number of para-hydroxylation sites is 2. The summed E-state index contributed by atoms with van der Waals surface area (Å²) in [5.74, 6) is -0.385. The zero-order valence-electron chi connectivity index (χ0n) is 35.8. The lowest BCUT2D eigenvalue weighted by molar-refractivity contribution is -0.0346. The van der Waals surface area contributed by atoms with Crippen LogP contribution in [0.25, 0.3) is 0 Å². The minimum absolute atomic E-state index is 0.0891. The van der Waals surface area contributed by atoms with Gasteiger partial charge < -0.3 is 15.3 Å². The monoisotopic (exact) mass is 773 g/mol. The zero-order chi connectivity index (χ0) is 40.2. The number of phenols is 1. The molecule has 6 nitrogen and oxygen atoms in total. The lowest BCUT2D eigenvalue weighted by Crippen LogP contribution is -2.36. The second kappa shape index (κ2) is 34.7. The maximum atomic E-state index is 13.6. The summed E-state index contributed by atoms with van der Waals surface area (Å²) in [4.78, 5) is 33.1. The number of rotatable bonds is 36. The Morgan fingerprint density at radius 3 is 1.45 bits per heavy atom. The van der Waals surface area contributed by atoms with E-state index < -0.39 is 5.91 Å². The van der Waals surface area contributed by atoms with E-state index in [2.05, 4.69) is 43.5 Å². The molecule has 0 bridgehead atoms. The fourth-order valence-corrected chi connectivity index (χ4v) is 7.00. The van der Waals surface area contributed by atoms with E-state index in [9.17, 15) is 14.7 Å². The fraction of sp³-hybridized carbons (Fsp3) is 0.640. The quantitative estimate of drug-likeness (QED) is 0.0411. The molecule has 0 radical (unpaired) electrons. The Hall–Kier alpha value is -3.54. The summed E-state index contributed by atoms with van der Waals surface area (Å²) in [5, 5.41) is 14.8. The highest BCUT2D eigenvalue weighted by atomic mass is 16.7. The van der Waals surface area contributed by atoms with E-state index in [4.69, 9.17) is 4.84 Å². The first-order chi connectivity index (χ1) is 27.6. The standard InChI is InChI=1S/C50H80N2O4/c1-3-5-7-9-11-13-15-17-19-21-23-25-27-29-31-37-43-51-49(54)46-40-34-36-42-48(46)56-52(50(55)45-39-33-35-41-47(45)53)44-38-32-30-28-26-24-22-20-18-16-14-12-10-8-6-4-2/h17-20,33-36,39-42,53H,3-16,21-32,37-38,43-44H2,1-2H3,(H,51,54)/b19-17-,20-18-. The maximum absolute atomic E-state index is 13.6. The van der Waals surface area contributed by atoms with Crippen LogP contribution in [-0.4, -0.2) is 35.1 Å². The molecule has 2 aromatic carbocycles. The van der Waals surface area contributed by atoms with Gasteiger partial charge in [0.05, 0.1) is 17.7 Å². The number of nitrogens with zero attached hydrogens (tertiary/aromatic N) is 1. The lowest BCUT2D eigenvalue weighted by atomic mass is 10.1. The predicted octanol–water partition coefficient (Wildman–Crippen LogP) is 14.6. The SMILES string of the molecule is CCCCCCCC/C=C\CCCCCCCCNC(=O)c1ccccc1ON(CCCCCCCC/C=C\CCCCCCCC)C(=O)c1ccccc1O. The molecule has 0 saturated carbocycles. The molecule has 0 heterocycles. The van der Waals surface area contributed by atoms with Gasteiger partial charge in [0.15, 0.2) is 5.75 Å². The van der Waals surface area contributed by atoms with Crippen LogP contribution in [0.4, 0.5) is 0 Å². The molecule has 0 saturated heterocycles. The van der Waals surface area contributed by atoms with Gasteiger partial charge in [-0.1, -0.05) is 178 Å². The second-order valence-corrected chi connectivity index (χ2v) is 15.6. The number of benzene rings is 2. The van der Waals surface area contributed by atoms with Gasteiger partial charge in [0.1, 0.15) is 5.75 Å². The van der Waals surface area contributed by atoms with E-state index in [0.29, 0.717) is 24.4 Å². The Morgan fingerprint density at radius 1 is 0.536 bits per heavy atom. The van der Waals surface area contributed by atoms with Crippen molar-refractivity contribution < 1.29 is 19.5 Å². The summed E-state index contributed by atoms with van der Waals surface area (Å²) in [6, 6.07) is 13.6. The first-order valence-electron chi connectivity index (χ1n) is 23.0. The average molecular weight is 773 g/mol. The van der Waals surface area contributed by atoms with Gasteiger partial charge in [-0.15, -0.1) is 0 Å². The molecule has 0 unspecified atom stereocenters. The molecule has 314 valence electrons. The molecule has 0 aromatic heterocycles. The molecule has 2 amide bonds. The number of carbonyl (C=O) groups is 2. The summed E-state index contributed by atoms with van der Waals surface area (Å²) < 4.78 is 0. The number of nitrogens with one attached hydrogen (secondary N) is 1. The third-order valence-electron chi connectivity index (χ3n) is 10.5. The van der Waals surface area contributed by atoms with Crippen molar-refractivity contribution >= 4 is 11.8 Å². The molecular weight excluding hydrogens is 693 g/mol. The van der Waals surface area contributed by atoms with E-state index >= 15 is 0 Å². The molecule has 6 heteroatoms. The number of amides is 2. The number of carbonyl (C=O) groups excluding carboxylic acids is 2. The highest BCUT2D eigenvalue weighted by Crippen LogP contribution is 2.24. The fourth-order valence-electron chi connectivity index (χ4n) is 7.00. The molecular formula is C50H80N2O4. The smallest absolute Gasteiger partial charge is 0.290 e. The van der Waals surface area contributed by atoms with Gasteiger partial charge in [0, 0.05) is 6.54 Å². The number of aromatic hydroxyl groups is 1. The normalized spacial score (nSPS) is 11.5. The molecule has 2 aromatic rings. The Kier molecular flexibility index (Phi) is 30.1. The number of allylic oxidation sites excluding steroid dienone is 4. The van der Waals surface area contributed by atoms with Crippen LogP contribution >= 0.6 is 0 Å². The highest BCUT2D eigenvalue weighted by molar-refractivity contribution is 5.98. The van der Waals surface area contributed by atoms with E-state index in [1.165, 1.54) is 152 Å². The van der Waals surface area contributed by atoms with Gasteiger partial charge in [-0.05, 0) is 88.5 Å². The Bertz CT molecular complexity index is 1320. The Labute approximate surface area is 342 Å². The van der Waals surface area contributed by atoms with Crippen LogP contribution in [0.1, 0.15) is 214 Å². The third kappa shape index (κ3) is 24.2. The highest BCUT2D eigenvalue weighted by Gasteiger charge is 2.23. The van der Waals surface area contributed by atoms with Crippen LogP contribution in [0, 0.1) is 0 Å². The van der Waals surface area contributed by atoms with E-state index in [0.717, 1.165) is 38.5 Å². The van der Waals surface area contributed by atoms with Crippen LogP contribution in [0.5, 0.6) is 11.5 Å². The van der Waals surface area contributed by atoms with Gasteiger partial charge in [-0.25, -0.2) is 0 Å². The summed E-state index contributed by atoms with van der Waals surface area (Å²) in [6.45, 7) is 5.49. The average Bonchev–Trinajstić information content (AvgIpc) is 3.21. The summed E-state index contributed by atoms with van der Waals surface area (Å²) in [6.07, 6.45) is 43.8. The Balaban J connectivity index is 1.70. The van der Waals surface area contributed by atoms with Crippen LogP contribution in [0.15, 0.2) is 72.8 Å². The van der Waals surface area contributed by atoms with Gasteiger partial charge in [0.2, 0.25) is 0 Å². The molecule has 0 spiro atoms. The van der Waals surface area contributed by atoms with E-state index in [1.807, 2.05) is 12.1 Å². The number of unbranched alkanes of at least 4 members (excludes halogenated alkanes) is 24. The van der Waals surface area contributed by atoms with Crippen molar-refractivity contribution in [2.24, 2.45) is 0 Å². The first kappa shape index (κ1) is 48.6. The van der Waals surface area contributed by atoms with Crippen LogP contribution in [0.2, 0.25) is 0 Å². The first-order valence-corrected chi connectivity index (χ1v) is 23.0. The zero-order valence-corrected chi connectivity index (χ0v) is 35.8. The van der Waals surface area contributed by atoms with Crippen molar-refractivity contribution in [2.75, 3.05) is 13.1 Å². The van der Waals surface area contributed by atoms with Crippen molar-refractivity contribution in [1.82, 2.24) is 10.4 Å². The largest absolute Gasteiger partial charge is 0.507 e. The van der Waals surface area contributed by atoms with Crippen molar-refractivity contribution in [2.45, 2.75) is 194 Å². The maximum Gasteiger partial charge on any atom is 0.290 e. The molecule has 0 aliphatic rings. The van der Waals surface area contributed by atoms with Crippen LogP contribution < -0.4 is 10.2 Å². The number of hydrogen-bond acceptors (Lipinski definition) is 4. The lowest BCUT2D eigenvalue weighted by Gasteiger charge is -2.24. The molecule has 2 rings (SSSR count). The van der Waals surface area contributed by atoms with Crippen molar-refractivity contribution in [3.05, 3.63) is 84.0 Å². The van der Waals surface area contributed by atoms with Gasteiger partial charge in [-0.3, -0.25) is 9.59 Å².